The monoisotopic (exact) mass is 400 g/mol. The quantitative estimate of drug-likeness (QED) is 0.502. The Balaban J connectivity index is 2.46. The molecule has 19 heavy (non-hydrogen) atoms. The maximum Gasteiger partial charge on any atom is 0.0659 e. The number of aryl methyl sites for hydroxylation is 3. The molecule has 0 N–H and O–H groups in total. The van der Waals surface area contributed by atoms with Gasteiger partial charge < -0.3 is 0 Å². The van der Waals surface area contributed by atoms with Crippen molar-refractivity contribution in [3.8, 4) is 0 Å². The highest BCUT2D eigenvalue weighted by atomic mass is 79.9. The summed E-state index contributed by atoms with van der Waals surface area (Å²) in [6.45, 7) is 6.27. The third-order valence-electron chi connectivity index (χ3n) is 3.37. The third kappa shape index (κ3) is 3.24. The second-order valence-electron chi connectivity index (χ2n) is 4.83. The van der Waals surface area contributed by atoms with Crippen LogP contribution in [0.2, 0.25) is 5.02 Å². The van der Waals surface area contributed by atoms with Gasteiger partial charge in [-0.3, -0.25) is 0 Å². The van der Waals surface area contributed by atoms with Crippen LogP contribution in [-0.4, -0.2) is 0 Å². The molecule has 1 unspecified atom stereocenters. The molecule has 2 aromatic carbocycles. The molecule has 2 aromatic rings. The summed E-state index contributed by atoms with van der Waals surface area (Å²) >= 11 is 13.7. The van der Waals surface area contributed by atoms with Crippen LogP contribution in [0.25, 0.3) is 0 Å². The van der Waals surface area contributed by atoms with Crippen molar-refractivity contribution in [2.75, 3.05) is 0 Å². The van der Waals surface area contributed by atoms with Crippen LogP contribution in [0.5, 0.6) is 0 Å². The largest absolute Gasteiger partial charge is 0.0840 e. The molecule has 0 amide bonds. The standard InChI is InChI=1S/C16H15Br2Cl/c1-9-4-5-12(8-14(9)17)16(18)13-6-10(2)11(3)7-15(13)19/h4-8,16H,1-3H3. The van der Waals surface area contributed by atoms with Gasteiger partial charge in [-0.1, -0.05) is 61.7 Å². The molecule has 0 aliphatic heterocycles. The van der Waals surface area contributed by atoms with Gasteiger partial charge in [-0.15, -0.1) is 0 Å². The van der Waals surface area contributed by atoms with Gasteiger partial charge in [0.15, 0.2) is 0 Å². The Kier molecular flexibility index (Phi) is 4.75. The summed E-state index contributed by atoms with van der Waals surface area (Å²) in [6.07, 6.45) is 0. The van der Waals surface area contributed by atoms with Crippen molar-refractivity contribution in [2.24, 2.45) is 0 Å². The van der Waals surface area contributed by atoms with Gasteiger partial charge in [0.2, 0.25) is 0 Å². The molecular formula is C16H15Br2Cl. The first-order valence-electron chi connectivity index (χ1n) is 6.07. The van der Waals surface area contributed by atoms with E-state index in [4.69, 9.17) is 11.6 Å². The predicted molar refractivity (Wildman–Crippen MR) is 90.6 cm³/mol. The molecule has 1 atom stereocenters. The van der Waals surface area contributed by atoms with Gasteiger partial charge in [0.25, 0.3) is 0 Å². The van der Waals surface area contributed by atoms with E-state index in [9.17, 15) is 0 Å². The van der Waals surface area contributed by atoms with Gasteiger partial charge in [0.05, 0.1) is 4.83 Å². The van der Waals surface area contributed by atoms with Gasteiger partial charge in [0, 0.05) is 9.50 Å². The lowest BCUT2D eigenvalue weighted by molar-refractivity contribution is 1.15. The average molecular weight is 403 g/mol. The van der Waals surface area contributed by atoms with Gasteiger partial charge in [-0.05, 0) is 60.7 Å². The maximum absolute atomic E-state index is 6.38. The Bertz CT molecular complexity index is 620. The zero-order valence-corrected chi connectivity index (χ0v) is 15.0. The summed E-state index contributed by atoms with van der Waals surface area (Å²) < 4.78 is 1.12. The molecule has 3 heteroatoms. The maximum atomic E-state index is 6.38. The number of hydrogen-bond acceptors (Lipinski definition) is 0. The zero-order chi connectivity index (χ0) is 14.2. The zero-order valence-electron chi connectivity index (χ0n) is 11.1. The molecule has 2 rings (SSSR count). The van der Waals surface area contributed by atoms with Crippen molar-refractivity contribution in [1.82, 2.24) is 0 Å². The van der Waals surface area contributed by atoms with E-state index in [0.717, 1.165) is 15.1 Å². The fourth-order valence-electron chi connectivity index (χ4n) is 1.94. The van der Waals surface area contributed by atoms with E-state index in [1.165, 1.54) is 22.3 Å². The Labute approximate surface area is 136 Å². The first kappa shape index (κ1) is 15.1. The van der Waals surface area contributed by atoms with E-state index >= 15 is 0 Å². The molecule has 0 saturated heterocycles. The van der Waals surface area contributed by atoms with Crippen molar-refractivity contribution >= 4 is 43.5 Å². The van der Waals surface area contributed by atoms with Crippen LogP contribution in [0.3, 0.4) is 0 Å². The highest BCUT2D eigenvalue weighted by Crippen LogP contribution is 2.37. The second-order valence-corrected chi connectivity index (χ2v) is 7.01. The molecule has 0 spiro atoms. The van der Waals surface area contributed by atoms with Crippen LogP contribution in [-0.2, 0) is 0 Å². The molecule has 0 aliphatic rings. The summed E-state index contributed by atoms with van der Waals surface area (Å²) in [5, 5.41) is 0.807. The Morgan fingerprint density at radius 2 is 1.58 bits per heavy atom. The summed E-state index contributed by atoms with van der Waals surface area (Å²) in [4.78, 5) is 0.108. The third-order valence-corrected chi connectivity index (χ3v) is 5.58. The van der Waals surface area contributed by atoms with Crippen LogP contribution < -0.4 is 0 Å². The predicted octanol–water partition coefficient (Wildman–Crippen LogP) is 6.51. The van der Waals surface area contributed by atoms with E-state index in [1.807, 2.05) is 6.07 Å². The van der Waals surface area contributed by atoms with Gasteiger partial charge in [0.1, 0.15) is 0 Å². The molecule has 0 bridgehead atoms. The van der Waals surface area contributed by atoms with Crippen molar-refractivity contribution in [3.05, 3.63) is 67.6 Å². The van der Waals surface area contributed by atoms with E-state index in [0.29, 0.717) is 0 Å². The summed E-state index contributed by atoms with van der Waals surface area (Å²) in [5.74, 6) is 0. The first-order chi connectivity index (χ1) is 8.90. The van der Waals surface area contributed by atoms with E-state index in [1.54, 1.807) is 0 Å². The smallest absolute Gasteiger partial charge is 0.0659 e. The molecule has 0 heterocycles. The Morgan fingerprint density at radius 3 is 2.21 bits per heavy atom. The van der Waals surface area contributed by atoms with Crippen molar-refractivity contribution in [3.63, 3.8) is 0 Å². The van der Waals surface area contributed by atoms with Crippen molar-refractivity contribution < 1.29 is 0 Å². The molecule has 0 aliphatic carbocycles. The highest BCUT2D eigenvalue weighted by molar-refractivity contribution is 9.10. The van der Waals surface area contributed by atoms with E-state index in [-0.39, 0.29) is 4.83 Å². The van der Waals surface area contributed by atoms with Crippen LogP contribution in [0.15, 0.2) is 34.8 Å². The lowest BCUT2D eigenvalue weighted by Crippen LogP contribution is -1.96. The lowest BCUT2D eigenvalue weighted by Gasteiger charge is -2.15. The van der Waals surface area contributed by atoms with Gasteiger partial charge in [-0.25, -0.2) is 0 Å². The number of rotatable bonds is 2. The lowest BCUT2D eigenvalue weighted by atomic mass is 9.99. The summed E-state index contributed by atoms with van der Waals surface area (Å²) in [5.41, 5.74) is 6.02. The van der Waals surface area contributed by atoms with Crippen LogP contribution in [0, 0.1) is 20.8 Å². The summed E-state index contributed by atoms with van der Waals surface area (Å²) in [6, 6.07) is 10.6. The molecule has 0 nitrogen and oxygen atoms in total. The average Bonchev–Trinajstić information content (AvgIpc) is 2.36. The van der Waals surface area contributed by atoms with Crippen molar-refractivity contribution in [2.45, 2.75) is 25.6 Å². The van der Waals surface area contributed by atoms with E-state index < -0.39 is 0 Å². The normalized spacial score (nSPS) is 12.5. The van der Waals surface area contributed by atoms with Gasteiger partial charge >= 0.3 is 0 Å². The van der Waals surface area contributed by atoms with E-state index in [2.05, 4.69) is 76.9 Å². The molecule has 0 fully saturated rings. The summed E-state index contributed by atoms with van der Waals surface area (Å²) in [7, 11) is 0. The number of alkyl halides is 1. The minimum atomic E-state index is 0.108. The minimum Gasteiger partial charge on any atom is -0.0840 e. The fraction of sp³-hybridized carbons (Fsp3) is 0.250. The van der Waals surface area contributed by atoms with Crippen LogP contribution in [0.4, 0.5) is 0 Å². The Hall–Kier alpha value is -0.310. The van der Waals surface area contributed by atoms with Crippen LogP contribution in [0.1, 0.15) is 32.6 Å². The Morgan fingerprint density at radius 1 is 0.947 bits per heavy atom. The first-order valence-corrected chi connectivity index (χ1v) is 8.15. The molecular weight excluding hydrogens is 387 g/mol. The molecule has 0 radical (unpaired) electrons. The molecule has 100 valence electrons. The SMILES string of the molecule is Cc1cc(Cl)c(C(Br)c2ccc(C)c(Br)c2)cc1C. The fourth-order valence-corrected chi connectivity index (χ4v) is 3.46. The number of hydrogen-bond donors (Lipinski definition) is 0. The minimum absolute atomic E-state index is 0.108. The second kappa shape index (κ2) is 5.99. The van der Waals surface area contributed by atoms with Gasteiger partial charge in [-0.2, -0.15) is 0 Å². The molecule has 0 aromatic heterocycles. The van der Waals surface area contributed by atoms with Crippen molar-refractivity contribution in [1.29, 1.82) is 0 Å². The highest BCUT2D eigenvalue weighted by Gasteiger charge is 2.15. The van der Waals surface area contributed by atoms with Crippen LogP contribution >= 0.6 is 43.5 Å². The molecule has 0 saturated carbocycles. The number of benzene rings is 2. The number of halogens is 3. The topological polar surface area (TPSA) is 0 Å².